The Labute approximate surface area is 193 Å². The van der Waals surface area contributed by atoms with E-state index in [0.29, 0.717) is 36.6 Å². The van der Waals surface area contributed by atoms with Crippen LogP contribution >= 0.6 is 0 Å². The Morgan fingerprint density at radius 2 is 1.85 bits per heavy atom. The van der Waals surface area contributed by atoms with E-state index in [1.165, 1.54) is 16.0 Å². The van der Waals surface area contributed by atoms with Crippen molar-refractivity contribution in [1.82, 2.24) is 9.91 Å². The monoisotopic (exact) mass is 455 g/mol. The fourth-order valence-electron chi connectivity index (χ4n) is 3.75. The summed E-state index contributed by atoms with van der Waals surface area (Å²) in [6.45, 7) is 4.05. The molecule has 0 bridgehead atoms. The lowest BCUT2D eigenvalue weighted by Gasteiger charge is -2.28. The number of rotatable bonds is 9. The van der Waals surface area contributed by atoms with Crippen molar-refractivity contribution in [1.29, 1.82) is 0 Å². The molecule has 0 aromatic heterocycles. The van der Waals surface area contributed by atoms with Gasteiger partial charge in [0.2, 0.25) is 5.91 Å². The maximum absolute atomic E-state index is 14.5. The van der Waals surface area contributed by atoms with Crippen molar-refractivity contribution in [2.75, 3.05) is 33.9 Å². The van der Waals surface area contributed by atoms with Crippen LogP contribution in [0.3, 0.4) is 0 Å². The van der Waals surface area contributed by atoms with Gasteiger partial charge >= 0.3 is 0 Å². The topological polar surface area (TPSA) is 71.4 Å². The zero-order chi connectivity index (χ0) is 24.0. The van der Waals surface area contributed by atoms with Crippen molar-refractivity contribution >= 4 is 17.5 Å². The van der Waals surface area contributed by atoms with Crippen LogP contribution in [0.15, 0.2) is 53.6 Å². The number of halogens is 1. The second kappa shape index (κ2) is 11.0. The van der Waals surface area contributed by atoms with Crippen molar-refractivity contribution in [3.63, 3.8) is 0 Å². The third-order valence-corrected chi connectivity index (χ3v) is 5.55. The number of nitrogens with zero attached hydrogens (tertiary/aromatic N) is 3. The molecule has 2 aromatic carbocycles. The lowest BCUT2D eigenvalue weighted by Crippen LogP contribution is -2.44. The number of carbonyl (C=O) groups is 2. The SMILES string of the molecule is COCCN(CC(=O)N1N=C(c2ccccc2F)C[C@H]1c1ccc(OC)cc1)C(=O)C(C)C. The highest BCUT2D eigenvalue weighted by Gasteiger charge is 2.35. The van der Waals surface area contributed by atoms with E-state index >= 15 is 0 Å². The Hall–Kier alpha value is -3.26. The molecule has 176 valence electrons. The minimum atomic E-state index is -0.420. The summed E-state index contributed by atoms with van der Waals surface area (Å²) in [6, 6.07) is 13.3. The summed E-state index contributed by atoms with van der Waals surface area (Å²) >= 11 is 0. The summed E-state index contributed by atoms with van der Waals surface area (Å²) in [6.07, 6.45) is 0.356. The van der Waals surface area contributed by atoms with Crippen LogP contribution in [0.1, 0.15) is 37.4 Å². The molecule has 0 unspecified atom stereocenters. The van der Waals surface area contributed by atoms with E-state index in [2.05, 4.69) is 5.10 Å². The van der Waals surface area contributed by atoms with E-state index in [0.717, 1.165) is 5.56 Å². The number of ether oxygens (including phenoxy) is 2. The van der Waals surface area contributed by atoms with Crippen LogP contribution in [0.25, 0.3) is 0 Å². The molecule has 1 aliphatic rings. The van der Waals surface area contributed by atoms with Crippen LogP contribution in [-0.4, -0.2) is 61.4 Å². The van der Waals surface area contributed by atoms with Gasteiger partial charge in [0, 0.05) is 31.6 Å². The quantitative estimate of drug-likeness (QED) is 0.579. The first kappa shape index (κ1) is 24.4. The molecule has 2 aromatic rings. The van der Waals surface area contributed by atoms with Crippen LogP contribution in [0.2, 0.25) is 0 Å². The summed E-state index contributed by atoms with van der Waals surface area (Å²) in [5.41, 5.74) is 1.69. The van der Waals surface area contributed by atoms with E-state index < -0.39 is 11.9 Å². The molecule has 2 amide bonds. The smallest absolute Gasteiger partial charge is 0.262 e. The van der Waals surface area contributed by atoms with Gasteiger partial charge in [-0.05, 0) is 23.8 Å². The van der Waals surface area contributed by atoms with Crippen LogP contribution in [0.5, 0.6) is 5.75 Å². The van der Waals surface area contributed by atoms with Gasteiger partial charge in [-0.15, -0.1) is 0 Å². The van der Waals surface area contributed by atoms with Gasteiger partial charge < -0.3 is 14.4 Å². The molecule has 3 rings (SSSR count). The normalized spacial score (nSPS) is 15.5. The molecular weight excluding hydrogens is 425 g/mol. The Balaban J connectivity index is 1.92. The van der Waals surface area contributed by atoms with Crippen molar-refractivity contribution in [3.8, 4) is 5.75 Å². The molecule has 0 fully saturated rings. The molecule has 0 radical (unpaired) electrons. The highest BCUT2D eigenvalue weighted by Crippen LogP contribution is 2.34. The number of hydrazone groups is 1. The third kappa shape index (κ3) is 5.76. The van der Waals surface area contributed by atoms with Crippen molar-refractivity contribution in [3.05, 3.63) is 65.5 Å². The lowest BCUT2D eigenvalue weighted by atomic mass is 9.98. The molecule has 33 heavy (non-hydrogen) atoms. The maximum Gasteiger partial charge on any atom is 0.262 e. The minimum Gasteiger partial charge on any atom is -0.497 e. The third-order valence-electron chi connectivity index (χ3n) is 5.55. The number of amides is 2. The highest BCUT2D eigenvalue weighted by molar-refractivity contribution is 6.03. The Morgan fingerprint density at radius 1 is 1.15 bits per heavy atom. The Morgan fingerprint density at radius 3 is 2.45 bits per heavy atom. The lowest BCUT2D eigenvalue weighted by molar-refractivity contribution is -0.143. The Bertz CT molecular complexity index is 1010. The number of hydrogen-bond donors (Lipinski definition) is 0. The predicted molar refractivity (Wildman–Crippen MR) is 123 cm³/mol. The summed E-state index contributed by atoms with van der Waals surface area (Å²) in [4.78, 5) is 27.5. The van der Waals surface area contributed by atoms with Crippen LogP contribution in [0.4, 0.5) is 4.39 Å². The van der Waals surface area contributed by atoms with E-state index in [4.69, 9.17) is 9.47 Å². The van der Waals surface area contributed by atoms with E-state index in [-0.39, 0.29) is 24.3 Å². The fourth-order valence-corrected chi connectivity index (χ4v) is 3.75. The largest absolute Gasteiger partial charge is 0.497 e. The molecule has 1 atom stereocenters. The van der Waals surface area contributed by atoms with Gasteiger partial charge in [-0.1, -0.05) is 44.2 Å². The van der Waals surface area contributed by atoms with Crippen LogP contribution in [0, 0.1) is 11.7 Å². The van der Waals surface area contributed by atoms with Gasteiger partial charge in [0.1, 0.15) is 18.1 Å². The fraction of sp³-hybridized carbons (Fsp3) is 0.400. The number of benzene rings is 2. The Kier molecular flexibility index (Phi) is 8.16. The van der Waals surface area contributed by atoms with Gasteiger partial charge in [-0.3, -0.25) is 9.59 Å². The molecular formula is C25H30FN3O4. The first-order chi connectivity index (χ1) is 15.8. The first-order valence-corrected chi connectivity index (χ1v) is 10.9. The second-order valence-corrected chi connectivity index (χ2v) is 8.17. The summed E-state index contributed by atoms with van der Waals surface area (Å²) in [5, 5.41) is 5.89. The van der Waals surface area contributed by atoms with E-state index in [1.54, 1.807) is 46.3 Å². The molecule has 8 heteroatoms. The van der Waals surface area contributed by atoms with Crippen LogP contribution < -0.4 is 4.74 Å². The number of methoxy groups -OCH3 is 2. The van der Waals surface area contributed by atoms with Gasteiger partial charge in [0.05, 0.1) is 25.5 Å². The van der Waals surface area contributed by atoms with E-state index in [1.807, 2.05) is 24.3 Å². The first-order valence-electron chi connectivity index (χ1n) is 10.9. The second-order valence-electron chi connectivity index (χ2n) is 8.17. The molecule has 0 spiro atoms. The standard InChI is InChI=1S/C25H30FN3O4/c1-17(2)25(31)28(13-14-32-3)16-24(30)29-23(18-9-11-19(33-4)12-10-18)15-22(27-29)20-7-5-6-8-21(20)26/h5-12,17,23H,13-16H2,1-4H3/t23-/m0/s1. The summed E-state index contributed by atoms with van der Waals surface area (Å²) in [5.74, 6) is -0.442. The van der Waals surface area contributed by atoms with Gasteiger partial charge in [-0.2, -0.15) is 5.10 Å². The average molecular weight is 456 g/mol. The summed E-state index contributed by atoms with van der Waals surface area (Å²) < 4.78 is 24.8. The predicted octanol–water partition coefficient (Wildman–Crippen LogP) is 3.64. The van der Waals surface area contributed by atoms with Gasteiger partial charge in [-0.25, -0.2) is 9.40 Å². The van der Waals surface area contributed by atoms with Crippen molar-refractivity contribution < 1.29 is 23.5 Å². The maximum atomic E-state index is 14.5. The molecule has 0 N–H and O–H groups in total. The minimum absolute atomic E-state index is 0.138. The number of carbonyl (C=O) groups excluding carboxylic acids is 2. The van der Waals surface area contributed by atoms with Gasteiger partial charge in [0.15, 0.2) is 0 Å². The zero-order valence-electron chi connectivity index (χ0n) is 19.5. The van der Waals surface area contributed by atoms with E-state index in [9.17, 15) is 14.0 Å². The molecule has 7 nitrogen and oxygen atoms in total. The summed E-state index contributed by atoms with van der Waals surface area (Å²) in [7, 11) is 3.13. The molecule has 1 aliphatic heterocycles. The molecule has 0 saturated heterocycles. The molecule has 1 heterocycles. The van der Waals surface area contributed by atoms with Crippen molar-refractivity contribution in [2.45, 2.75) is 26.3 Å². The molecule has 0 saturated carbocycles. The highest BCUT2D eigenvalue weighted by atomic mass is 19.1. The van der Waals surface area contributed by atoms with Crippen LogP contribution in [-0.2, 0) is 14.3 Å². The zero-order valence-corrected chi connectivity index (χ0v) is 19.5. The number of hydrogen-bond acceptors (Lipinski definition) is 5. The molecule has 0 aliphatic carbocycles. The van der Waals surface area contributed by atoms with Gasteiger partial charge in [0.25, 0.3) is 5.91 Å². The average Bonchev–Trinajstić information content (AvgIpc) is 3.26. The van der Waals surface area contributed by atoms with Crippen molar-refractivity contribution in [2.24, 2.45) is 11.0 Å².